The van der Waals surface area contributed by atoms with Gasteiger partial charge in [-0.15, -0.1) is 11.3 Å². The zero-order chi connectivity index (χ0) is 18.0. The van der Waals surface area contributed by atoms with Gasteiger partial charge in [-0.05, 0) is 45.6 Å². The third-order valence-corrected chi connectivity index (χ3v) is 5.62. The van der Waals surface area contributed by atoms with Crippen LogP contribution >= 0.6 is 11.3 Å². The van der Waals surface area contributed by atoms with E-state index >= 15 is 0 Å². The molecule has 1 saturated heterocycles. The predicted molar refractivity (Wildman–Crippen MR) is 99.7 cm³/mol. The van der Waals surface area contributed by atoms with Gasteiger partial charge in [0, 0.05) is 20.2 Å². The minimum absolute atomic E-state index is 0.229. The third kappa shape index (κ3) is 3.77. The number of fused-ring (bicyclic) bond motifs is 1. The monoisotopic (exact) mass is 363 g/mol. The second-order valence-corrected chi connectivity index (χ2v) is 7.42. The van der Waals surface area contributed by atoms with Gasteiger partial charge < -0.3 is 14.4 Å². The standard InChI is InChI=1S/C18H25N3O3S/c1-5-23-18(22)15-11(2)14-16(19-12(3)20-17(14)25-15)21(4)10-13-8-6-7-9-24-13/h13H,5-10H2,1-4H3. The molecule has 2 aromatic heterocycles. The smallest absolute Gasteiger partial charge is 0.348 e. The zero-order valence-electron chi connectivity index (χ0n) is 15.3. The first kappa shape index (κ1) is 18.1. The van der Waals surface area contributed by atoms with Crippen LogP contribution in [-0.4, -0.2) is 48.8 Å². The van der Waals surface area contributed by atoms with Gasteiger partial charge in [-0.3, -0.25) is 0 Å². The van der Waals surface area contributed by atoms with Gasteiger partial charge in [0.1, 0.15) is 21.3 Å². The molecule has 0 spiro atoms. The van der Waals surface area contributed by atoms with Crippen LogP contribution in [0.5, 0.6) is 0 Å². The van der Waals surface area contributed by atoms with Crippen molar-refractivity contribution in [1.29, 1.82) is 0 Å². The van der Waals surface area contributed by atoms with Crippen LogP contribution in [0.25, 0.3) is 10.2 Å². The molecule has 1 fully saturated rings. The van der Waals surface area contributed by atoms with Crippen molar-refractivity contribution in [2.45, 2.75) is 46.1 Å². The number of anilines is 1. The molecule has 3 rings (SSSR count). The van der Waals surface area contributed by atoms with Crippen LogP contribution in [0.15, 0.2) is 0 Å². The Bertz CT molecular complexity index is 769. The first-order chi connectivity index (χ1) is 12.0. The minimum Gasteiger partial charge on any atom is -0.462 e. The molecule has 0 saturated carbocycles. The Balaban J connectivity index is 1.97. The van der Waals surface area contributed by atoms with E-state index in [0.717, 1.165) is 47.6 Å². The van der Waals surface area contributed by atoms with Crippen molar-refractivity contribution in [2.75, 3.05) is 31.7 Å². The molecule has 0 radical (unpaired) electrons. The van der Waals surface area contributed by atoms with E-state index < -0.39 is 0 Å². The molecule has 0 amide bonds. The third-order valence-electron chi connectivity index (χ3n) is 4.46. The average Bonchev–Trinajstić information content (AvgIpc) is 2.92. The summed E-state index contributed by atoms with van der Waals surface area (Å²) >= 11 is 1.38. The van der Waals surface area contributed by atoms with Crippen molar-refractivity contribution < 1.29 is 14.3 Å². The summed E-state index contributed by atoms with van der Waals surface area (Å²) < 4.78 is 11.0. The molecule has 2 aromatic rings. The maximum absolute atomic E-state index is 12.2. The highest BCUT2D eigenvalue weighted by atomic mass is 32.1. The quantitative estimate of drug-likeness (QED) is 0.758. The van der Waals surface area contributed by atoms with E-state index in [4.69, 9.17) is 9.47 Å². The number of thiophene rings is 1. The van der Waals surface area contributed by atoms with Crippen LogP contribution in [-0.2, 0) is 9.47 Å². The van der Waals surface area contributed by atoms with Gasteiger partial charge >= 0.3 is 5.97 Å². The van der Waals surface area contributed by atoms with Crippen molar-refractivity contribution in [2.24, 2.45) is 0 Å². The molecule has 6 nitrogen and oxygen atoms in total. The first-order valence-electron chi connectivity index (χ1n) is 8.78. The summed E-state index contributed by atoms with van der Waals surface area (Å²) in [5, 5.41) is 0.942. The fraction of sp³-hybridized carbons (Fsp3) is 0.611. The number of hydrogen-bond acceptors (Lipinski definition) is 7. The van der Waals surface area contributed by atoms with E-state index in [1.807, 2.05) is 27.8 Å². The van der Waals surface area contributed by atoms with Crippen molar-refractivity contribution in [3.8, 4) is 0 Å². The Labute approximate surface area is 152 Å². The molecule has 136 valence electrons. The van der Waals surface area contributed by atoms with Crippen LogP contribution in [0.1, 0.15) is 47.2 Å². The Morgan fingerprint density at radius 3 is 2.84 bits per heavy atom. The summed E-state index contributed by atoms with van der Waals surface area (Å²) in [6.07, 6.45) is 3.66. The van der Waals surface area contributed by atoms with Crippen molar-refractivity contribution in [3.05, 3.63) is 16.3 Å². The number of aryl methyl sites for hydroxylation is 2. The molecule has 0 N–H and O–H groups in total. The van der Waals surface area contributed by atoms with Gasteiger partial charge in [-0.1, -0.05) is 0 Å². The van der Waals surface area contributed by atoms with Crippen LogP contribution in [0.2, 0.25) is 0 Å². The number of carbonyl (C=O) groups is 1. The number of hydrogen-bond donors (Lipinski definition) is 0. The molecule has 1 aliphatic rings. The second kappa shape index (κ2) is 7.66. The molecule has 0 aromatic carbocycles. The second-order valence-electron chi connectivity index (χ2n) is 6.42. The van der Waals surface area contributed by atoms with Crippen LogP contribution < -0.4 is 4.90 Å². The number of likely N-dealkylation sites (N-methyl/N-ethyl adjacent to an activating group) is 1. The Morgan fingerprint density at radius 1 is 1.36 bits per heavy atom. The van der Waals surface area contributed by atoms with Gasteiger partial charge in [0.25, 0.3) is 0 Å². The molecule has 7 heteroatoms. The maximum atomic E-state index is 12.2. The first-order valence-corrected chi connectivity index (χ1v) is 9.60. The Kier molecular flexibility index (Phi) is 5.54. The summed E-state index contributed by atoms with van der Waals surface area (Å²) in [6, 6.07) is 0. The van der Waals surface area contributed by atoms with E-state index in [1.54, 1.807) is 0 Å². The lowest BCUT2D eigenvalue weighted by molar-refractivity contribution is 0.0215. The van der Waals surface area contributed by atoms with Crippen LogP contribution in [0.3, 0.4) is 0 Å². The minimum atomic E-state index is -0.287. The molecular weight excluding hydrogens is 338 g/mol. The number of ether oxygens (including phenoxy) is 2. The Morgan fingerprint density at radius 2 is 2.16 bits per heavy atom. The van der Waals surface area contributed by atoms with Gasteiger partial charge in [0.05, 0.1) is 18.1 Å². The highest BCUT2D eigenvalue weighted by molar-refractivity contribution is 7.20. The molecule has 1 aliphatic heterocycles. The van der Waals surface area contributed by atoms with E-state index in [0.29, 0.717) is 17.3 Å². The molecule has 1 atom stereocenters. The lowest BCUT2D eigenvalue weighted by atomic mass is 10.1. The number of esters is 1. The van der Waals surface area contributed by atoms with E-state index in [2.05, 4.69) is 14.9 Å². The zero-order valence-corrected chi connectivity index (χ0v) is 16.1. The maximum Gasteiger partial charge on any atom is 0.348 e. The molecule has 0 aliphatic carbocycles. The van der Waals surface area contributed by atoms with E-state index in [1.165, 1.54) is 17.8 Å². The molecule has 1 unspecified atom stereocenters. The molecular formula is C18H25N3O3S. The molecule has 3 heterocycles. The number of aromatic nitrogens is 2. The summed E-state index contributed by atoms with van der Waals surface area (Å²) in [5.74, 6) is 1.28. The van der Waals surface area contributed by atoms with Crippen molar-refractivity contribution in [3.63, 3.8) is 0 Å². The normalized spacial score (nSPS) is 17.7. The van der Waals surface area contributed by atoms with Gasteiger partial charge in [-0.2, -0.15) is 0 Å². The molecule has 0 bridgehead atoms. The molecule has 25 heavy (non-hydrogen) atoms. The fourth-order valence-electron chi connectivity index (χ4n) is 3.23. The SMILES string of the molecule is CCOC(=O)c1sc2nc(C)nc(N(C)CC3CCCCO3)c2c1C. The number of nitrogens with zero attached hydrogens (tertiary/aromatic N) is 3. The van der Waals surface area contributed by atoms with Crippen LogP contribution in [0, 0.1) is 13.8 Å². The Hall–Kier alpha value is -1.73. The summed E-state index contributed by atoms with van der Waals surface area (Å²) in [7, 11) is 2.03. The van der Waals surface area contributed by atoms with Crippen LogP contribution in [0.4, 0.5) is 5.82 Å². The lowest BCUT2D eigenvalue weighted by Crippen LogP contribution is -2.34. The summed E-state index contributed by atoms with van der Waals surface area (Å²) in [5.41, 5.74) is 0.893. The van der Waals surface area contributed by atoms with E-state index in [9.17, 15) is 4.79 Å². The number of rotatable bonds is 5. The van der Waals surface area contributed by atoms with Gasteiger partial charge in [0.15, 0.2) is 0 Å². The van der Waals surface area contributed by atoms with Crippen molar-refractivity contribution in [1.82, 2.24) is 9.97 Å². The van der Waals surface area contributed by atoms with Gasteiger partial charge in [-0.25, -0.2) is 14.8 Å². The summed E-state index contributed by atoms with van der Waals surface area (Å²) in [6.45, 7) is 7.62. The lowest BCUT2D eigenvalue weighted by Gasteiger charge is -2.28. The van der Waals surface area contributed by atoms with E-state index in [-0.39, 0.29) is 12.1 Å². The highest BCUT2D eigenvalue weighted by Gasteiger charge is 2.24. The summed E-state index contributed by atoms with van der Waals surface area (Å²) in [4.78, 5) is 25.0. The predicted octanol–water partition coefficient (Wildman–Crippen LogP) is 3.49. The van der Waals surface area contributed by atoms with Gasteiger partial charge in [0.2, 0.25) is 0 Å². The fourth-order valence-corrected chi connectivity index (χ4v) is 4.35. The van der Waals surface area contributed by atoms with Crippen molar-refractivity contribution >= 4 is 33.3 Å². The highest BCUT2D eigenvalue weighted by Crippen LogP contribution is 2.35. The number of carbonyl (C=O) groups excluding carboxylic acids is 1. The largest absolute Gasteiger partial charge is 0.462 e. The average molecular weight is 363 g/mol. The topological polar surface area (TPSA) is 64.5 Å².